The Bertz CT molecular complexity index is 392. The number of carbonyl (C=O) groups is 1. The number of aliphatic carboxylic acids is 1. The Morgan fingerprint density at radius 2 is 2.40 bits per heavy atom. The Kier molecular flexibility index (Phi) is 2.38. The second kappa shape index (κ2) is 3.44. The molecular formula is C9H13N3O2S. The van der Waals surface area contributed by atoms with Gasteiger partial charge in [0.25, 0.3) is 0 Å². The number of carboxylic acids is 1. The minimum Gasteiger partial charge on any atom is -0.480 e. The number of nitrogens with zero attached hydrogens (tertiary/aromatic N) is 3. The molecule has 6 heteroatoms. The largest absolute Gasteiger partial charge is 0.480 e. The highest BCUT2D eigenvalue weighted by Crippen LogP contribution is 2.34. The van der Waals surface area contributed by atoms with Crippen LogP contribution < -0.4 is 4.90 Å². The third-order valence-electron chi connectivity index (χ3n) is 2.85. The van der Waals surface area contributed by atoms with Crippen LogP contribution in [0.5, 0.6) is 0 Å². The van der Waals surface area contributed by atoms with Gasteiger partial charge in [0.1, 0.15) is 11.4 Å². The Hall–Kier alpha value is -1.17. The molecule has 0 saturated carbocycles. The molecule has 0 aromatic carbocycles. The summed E-state index contributed by atoms with van der Waals surface area (Å²) in [5.74, 6) is -0.0810. The number of carboxylic acid groups (broad SMARTS) is 1. The van der Waals surface area contributed by atoms with Gasteiger partial charge in [0.05, 0.1) is 0 Å². The van der Waals surface area contributed by atoms with Crippen LogP contribution >= 0.6 is 11.5 Å². The van der Waals surface area contributed by atoms with Crippen LogP contribution in [0.3, 0.4) is 0 Å². The van der Waals surface area contributed by atoms with E-state index in [1.807, 2.05) is 11.8 Å². The third kappa shape index (κ3) is 1.58. The molecule has 0 aliphatic carbocycles. The molecule has 1 aromatic rings. The summed E-state index contributed by atoms with van der Waals surface area (Å²) in [4.78, 5) is 17.3. The first-order valence-corrected chi connectivity index (χ1v) is 5.63. The van der Waals surface area contributed by atoms with Crippen molar-refractivity contribution in [2.24, 2.45) is 0 Å². The highest BCUT2D eigenvalue weighted by molar-refractivity contribution is 7.09. The number of aryl methyl sites for hydroxylation is 1. The standard InChI is InChI=1S/C9H13N3O2S/c1-6-10-8(15-11-6)12-5-3-4-9(12,2)7(13)14/h3-5H2,1-2H3,(H,13,14). The van der Waals surface area contributed by atoms with Gasteiger partial charge in [-0.05, 0) is 26.7 Å². The molecule has 0 bridgehead atoms. The van der Waals surface area contributed by atoms with Gasteiger partial charge < -0.3 is 10.0 Å². The van der Waals surface area contributed by atoms with Gasteiger partial charge >= 0.3 is 5.97 Å². The molecule has 1 fully saturated rings. The number of hydrogen-bond donors (Lipinski definition) is 1. The van der Waals surface area contributed by atoms with E-state index in [-0.39, 0.29) is 0 Å². The van der Waals surface area contributed by atoms with Crippen LogP contribution in [0, 0.1) is 6.92 Å². The lowest BCUT2D eigenvalue weighted by atomic mass is 10.00. The first-order chi connectivity index (χ1) is 7.04. The van der Waals surface area contributed by atoms with Gasteiger partial charge in [0.2, 0.25) is 5.13 Å². The second-order valence-electron chi connectivity index (χ2n) is 3.96. The molecule has 1 unspecified atom stereocenters. The molecule has 15 heavy (non-hydrogen) atoms. The van der Waals surface area contributed by atoms with E-state index in [1.54, 1.807) is 6.92 Å². The van der Waals surface area contributed by atoms with Crippen molar-refractivity contribution in [3.63, 3.8) is 0 Å². The molecular weight excluding hydrogens is 214 g/mol. The number of rotatable bonds is 2. The quantitative estimate of drug-likeness (QED) is 0.824. The van der Waals surface area contributed by atoms with Crippen molar-refractivity contribution < 1.29 is 9.90 Å². The van der Waals surface area contributed by atoms with E-state index in [0.29, 0.717) is 12.2 Å². The molecule has 1 aliphatic rings. The maximum absolute atomic E-state index is 11.2. The fraction of sp³-hybridized carbons (Fsp3) is 0.667. The van der Waals surface area contributed by atoms with Gasteiger partial charge in [-0.15, -0.1) is 0 Å². The molecule has 1 atom stereocenters. The summed E-state index contributed by atoms with van der Waals surface area (Å²) in [5, 5.41) is 9.94. The van der Waals surface area contributed by atoms with Crippen molar-refractivity contribution in [1.29, 1.82) is 0 Å². The molecule has 2 heterocycles. The van der Waals surface area contributed by atoms with Gasteiger partial charge in [-0.25, -0.2) is 9.78 Å². The van der Waals surface area contributed by atoms with Crippen LogP contribution in [0.2, 0.25) is 0 Å². The number of aromatic nitrogens is 2. The minimum atomic E-state index is -0.814. The summed E-state index contributed by atoms with van der Waals surface area (Å²) < 4.78 is 4.08. The first-order valence-electron chi connectivity index (χ1n) is 4.85. The molecule has 0 amide bonds. The molecule has 1 N–H and O–H groups in total. The second-order valence-corrected chi connectivity index (χ2v) is 4.69. The van der Waals surface area contributed by atoms with Crippen LogP contribution in [0.15, 0.2) is 0 Å². The fourth-order valence-electron chi connectivity index (χ4n) is 1.89. The van der Waals surface area contributed by atoms with Gasteiger partial charge in [-0.1, -0.05) is 0 Å². The van der Waals surface area contributed by atoms with E-state index in [9.17, 15) is 9.90 Å². The zero-order chi connectivity index (χ0) is 11.1. The summed E-state index contributed by atoms with van der Waals surface area (Å²) in [6.45, 7) is 4.31. The molecule has 1 aliphatic heterocycles. The fourth-order valence-corrected chi connectivity index (χ4v) is 2.71. The highest BCUT2D eigenvalue weighted by atomic mass is 32.1. The van der Waals surface area contributed by atoms with E-state index in [2.05, 4.69) is 9.36 Å². The van der Waals surface area contributed by atoms with Gasteiger partial charge in [-0.3, -0.25) is 0 Å². The van der Waals surface area contributed by atoms with E-state index in [1.165, 1.54) is 11.5 Å². The Labute approximate surface area is 91.9 Å². The number of anilines is 1. The van der Waals surface area contributed by atoms with Crippen LogP contribution in [-0.2, 0) is 4.79 Å². The van der Waals surface area contributed by atoms with Crippen LogP contribution in [-0.4, -0.2) is 32.5 Å². The van der Waals surface area contributed by atoms with E-state index in [4.69, 9.17) is 0 Å². The van der Waals surface area contributed by atoms with E-state index < -0.39 is 11.5 Å². The predicted molar refractivity (Wildman–Crippen MR) is 57.3 cm³/mol. The summed E-state index contributed by atoms with van der Waals surface area (Å²) >= 11 is 1.27. The smallest absolute Gasteiger partial charge is 0.329 e. The van der Waals surface area contributed by atoms with E-state index in [0.717, 1.165) is 18.1 Å². The topological polar surface area (TPSA) is 66.3 Å². The van der Waals surface area contributed by atoms with Crippen molar-refractivity contribution >= 4 is 22.6 Å². The summed E-state index contributed by atoms with van der Waals surface area (Å²) in [5.41, 5.74) is -0.814. The minimum absolute atomic E-state index is 0.668. The van der Waals surface area contributed by atoms with Crippen molar-refractivity contribution in [3.8, 4) is 0 Å². The van der Waals surface area contributed by atoms with Crippen molar-refractivity contribution in [2.75, 3.05) is 11.4 Å². The number of hydrogen-bond acceptors (Lipinski definition) is 5. The normalized spacial score (nSPS) is 25.9. The molecule has 1 saturated heterocycles. The van der Waals surface area contributed by atoms with Crippen molar-refractivity contribution in [2.45, 2.75) is 32.2 Å². The average Bonchev–Trinajstić information content (AvgIpc) is 2.72. The lowest BCUT2D eigenvalue weighted by Crippen LogP contribution is -2.48. The molecule has 0 radical (unpaired) electrons. The lowest BCUT2D eigenvalue weighted by molar-refractivity contribution is -0.142. The zero-order valence-corrected chi connectivity index (χ0v) is 9.54. The van der Waals surface area contributed by atoms with Crippen LogP contribution in [0.4, 0.5) is 5.13 Å². The molecule has 0 spiro atoms. The molecule has 82 valence electrons. The summed E-state index contributed by atoms with van der Waals surface area (Å²) in [7, 11) is 0. The zero-order valence-electron chi connectivity index (χ0n) is 8.73. The van der Waals surface area contributed by atoms with Crippen molar-refractivity contribution in [3.05, 3.63) is 5.82 Å². The maximum atomic E-state index is 11.2. The average molecular weight is 227 g/mol. The van der Waals surface area contributed by atoms with Crippen LogP contribution in [0.1, 0.15) is 25.6 Å². The third-order valence-corrected chi connectivity index (χ3v) is 3.68. The van der Waals surface area contributed by atoms with Gasteiger partial charge in [0.15, 0.2) is 0 Å². The van der Waals surface area contributed by atoms with E-state index >= 15 is 0 Å². The summed E-state index contributed by atoms with van der Waals surface area (Å²) in [6, 6.07) is 0. The highest BCUT2D eigenvalue weighted by Gasteiger charge is 2.44. The lowest BCUT2D eigenvalue weighted by Gasteiger charge is -2.30. The van der Waals surface area contributed by atoms with Crippen LogP contribution in [0.25, 0.3) is 0 Å². The van der Waals surface area contributed by atoms with Crippen molar-refractivity contribution in [1.82, 2.24) is 9.36 Å². The molecule has 2 rings (SSSR count). The predicted octanol–water partition coefficient (Wildman–Crippen LogP) is 1.29. The maximum Gasteiger partial charge on any atom is 0.329 e. The van der Waals surface area contributed by atoms with Gasteiger partial charge in [-0.2, -0.15) is 4.37 Å². The summed E-state index contributed by atoms with van der Waals surface area (Å²) in [6.07, 6.45) is 1.56. The van der Waals surface area contributed by atoms with Gasteiger partial charge in [0, 0.05) is 18.1 Å². The molecule has 5 nitrogen and oxygen atoms in total. The first kappa shape index (κ1) is 10.4. The molecule has 1 aromatic heterocycles. The monoisotopic (exact) mass is 227 g/mol. The SMILES string of the molecule is Cc1nsc(N2CCCC2(C)C(=O)O)n1. The Morgan fingerprint density at radius 1 is 1.67 bits per heavy atom. The Balaban J connectivity index is 2.33. The Morgan fingerprint density at radius 3 is 2.93 bits per heavy atom.